The molecule has 1 aromatic heterocycles. The van der Waals surface area contributed by atoms with E-state index in [0.717, 1.165) is 37.2 Å². The molecule has 0 aliphatic rings. The summed E-state index contributed by atoms with van der Waals surface area (Å²) in [5.74, 6) is 1.31. The lowest BCUT2D eigenvalue weighted by Crippen LogP contribution is -2.02. The first-order chi connectivity index (χ1) is 9.72. The lowest BCUT2D eigenvalue weighted by molar-refractivity contribution is 0.607. The van der Waals surface area contributed by atoms with Gasteiger partial charge in [-0.2, -0.15) is 5.10 Å². The Kier molecular flexibility index (Phi) is 4.83. The zero-order chi connectivity index (χ0) is 14.5. The predicted molar refractivity (Wildman–Crippen MR) is 85.3 cm³/mol. The third-order valence-electron chi connectivity index (χ3n) is 3.93. The van der Waals surface area contributed by atoms with Crippen molar-refractivity contribution in [3.05, 3.63) is 41.6 Å². The van der Waals surface area contributed by atoms with Crippen molar-refractivity contribution in [1.29, 1.82) is 0 Å². The second-order valence-corrected chi connectivity index (χ2v) is 5.26. The maximum atomic E-state index is 6.37. The Labute approximate surface area is 121 Å². The molecule has 3 heteroatoms. The molecule has 0 fully saturated rings. The van der Waals surface area contributed by atoms with Crippen molar-refractivity contribution in [1.82, 2.24) is 9.78 Å². The van der Waals surface area contributed by atoms with Gasteiger partial charge in [0.05, 0.1) is 11.4 Å². The minimum Gasteiger partial charge on any atom is -0.383 e. The van der Waals surface area contributed by atoms with E-state index in [-0.39, 0.29) is 0 Å². The Bertz CT molecular complexity index is 539. The molecule has 2 rings (SSSR count). The monoisotopic (exact) mass is 271 g/mol. The standard InChI is InChI=1S/C17H25N3/c1-4-10-15-16(13(5-2)6-3)19-20(17(15)18)14-11-8-7-9-12-14/h7-9,11-13H,4-6,10,18H2,1-3H3. The Morgan fingerprint density at radius 3 is 2.30 bits per heavy atom. The van der Waals surface area contributed by atoms with Gasteiger partial charge < -0.3 is 5.73 Å². The molecular formula is C17H25N3. The highest BCUT2D eigenvalue weighted by Crippen LogP contribution is 2.31. The fraction of sp³-hybridized carbons (Fsp3) is 0.471. The number of benzene rings is 1. The number of hydrogen-bond acceptors (Lipinski definition) is 2. The van der Waals surface area contributed by atoms with Crippen molar-refractivity contribution >= 4 is 5.82 Å². The number of nitrogens with zero attached hydrogens (tertiary/aromatic N) is 2. The van der Waals surface area contributed by atoms with Crippen LogP contribution in [0.4, 0.5) is 5.82 Å². The highest BCUT2D eigenvalue weighted by molar-refractivity contribution is 5.51. The Morgan fingerprint density at radius 1 is 1.10 bits per heavy atom. The zero-order valence-corrected chi connectivity index (χ0v) is 12.8. The van der Waals surface area contributed by atoms with Gasteiger partial charge in [-0.05, 0) is 31.4 Å². The second kappa shape index (κ2) is 6.60. The molecule has 20 heavy (non-hydrogen) atoms. The summed E-state index contributed by atoms with van der Waals surface area (Å²) in [6.45, 7) is 6.64. The number of aromatic nitrogens is 2. The maximum absolute atomic E-state index is 6.37. The van der Waals surface area contributed by atoms with Crippen LogP contribution in [0.25, 0.3) is 5.69 Å². The fourth-order valence-electron chi connectivity index (χ4n) is 2.76. The van der Waals surface area contributed by atoms with E-state index in [2.05, 4.69) is 32.9 Å². The van der Waals surface area contributed by atoms with Crippen LogP contribution in [0.1, 0.15) is 57.2 Å². The van der Waals surface area contributed by atoms with Crippen LogP contribution in [0.5, 0.6) is 0 Å². The van der Waals surface area contributed by atoms with Crippen LogP contribution < -0.4 is 5.73 Å². The van der Waals surface area contributed by atoms with Gasteiger partial charge in [0, 0.05) is 11.5 Å². The van der Waals surface area contributed by atoms with Crippen molar-refractivity contribution in [2.45, 2.75) is 52.4 Å². The molecule has 1 heterocycles. The highest BCUT2D eigenvalue weighted by atomic mass is 15.3. The largest absolute Gasteiger partial charge is 0.383 e. The van der Waals surface area contributed by atoms with Gasteiger partial charge in [-0.3, -0.25) is 0 Å². The first kappa shape index (κ1) is 14.6. The number of rotatable bonds is 6. The molecule has 0 aliphatic carbocycles. The van der Waals surface area contributed by atoms with Crippen LogP contribution in [0.2, 0.25) is 0 Å². The first-order valence-corrected chi connectivity index (χ1v) is 7.65. The predicted octanol–water partition coefficient (Wildman–Crippen LogP) is 4.31. The van der Waals surface area contributed by atoms with Crippen molar-refractivity contribution in [3.8, 4) is 5.69 Å². The van der Waals surface area contributed by atoms with E-state index >= 15 is 0 Å². The lowest BCUT2D eigenvalue weighted by Gasteiger charge is -2.11. The molecule has 2 aromatic rings. The van der Waals surface area contributed by atoms with Gasteiger partial charge in [0.15, 0.2) is 0 Å². The molecule has 0 saturated carbocycles. The molecule has 108 valence electrons. The van der Waals surface area contributed by atoms with E-state index in [4.69, 9.17) is 10.8 Å². The Hall–Kier alpha value is -1.77. The van der Waals surface area contributed by atoms with Crippen LogP contribution >= 0.6 is 0 Å². The van der Waals surface area contributed by atoms with Crippen LogP contribution in [0.3, 0.4) is 0 Å². The van der Waals surface area contributed by atoms with E-state index in [0.29, 0.717) is 5.92 Å². The number of nitrogen functional groups attached to an aromatic ring is 1. The molecule has 0 atom stereocenters. The Balaban J connectivity index is 2.52. The molecule has 0 unspecified atom stereocenters. The van der Waals surface area contributed by atoms with Gasteiger partial charge in [-0.25, -0.2) is 4.68 Å². The zero-order valence-electron chi connectivity index (χ0n) is 12.8. The van der Waals surface area contributed by atoms with Crippen LogP contribution in [-0.2, 0) is 6.42 Å². The van der Waals surface area contributed by atoms with Gasteiger partial charge in [0.2, 0.25) is 0 Å². The molecule has 0 radical (unpaired) electrons. The van der Waals surface area contributed by atoms with Crippen molar-refractivity contribution in [3.63, 3.8) is 0 Å². The molecule has 0 amide bonds. The summed E-state index contributed by atoms with van der Waals surface area (Å²) in [6.07, 6.45) is 4.32. The summed E-state index contributed by atoms with van der Waals surface area (Å²) in [7, 11) is 0. The van der Waals surface area contributed by atoms with E-state index < -0.39 is 0 Å². The van der Waals surface area contributed by atoms with Gasteiger partial charge in [-0.1, -0.05) is 45.4 Å². The Morgan fingerprint density at radius 2 is 1.75 bits per heavy atom. The van der Waals surface area contributed by atoms with E-state index in [1.54, 1.807) is 0 Å². The summed E-state index contributed by atoms with van der Waals surface area (Å²) in [5, 5.41) is 4.83. The van der Waals surface area contributed by atoms with Crippen LogP contribution in [0, 0.1) is 0 Å². The van der Waals surface area contributed by atoms with Crippen molar-refractivity contribution in [2.75, 3.05) is 5.73 Å². The molecule has 3 nitrogen and oxygen atoms in total. The third kappa shape index (κ3) is 2.72. The summed E-state index contributed by atoms with van der Waals surface area (Å²) in [5.41, 5.74) is 9.84. The van der Waals surface area contributed by atoms with Crippen molar-refractivity contribution < 1.29 is 0 Å². The minimum atomic E-state index is 0.504. The smallest absolute Gasteiger partial charge is 0.130 e. The van der Waals surface area contributed by atoms with Crippen molar-refractivity contribution in [2.24, 2.45) is 0 Å². The topological polar surface area (TPSA) is 43.8 Å². The van der Waals surface area contributed by atoms with E-state index in [1.807, 2.05) is 22.9 Å². The maximum Gasteiger partial charge on any atom is 0.130 e. The number of nitrogens with two attached hydrogens (primary N) is 1. The van der Waals surface area contributed by atoms with Gasteiger partial charge >= 0.3 is 0 Å². The SMILES string of the molecule is CCCc1c(C(CC)CC)nn(-c2ccccc2)c1N. The molecular weight excluding hydrogens is 246 g/mol. The quantitative estimate of drug-likeness (QED) is 0.850. The van der Waals surface area contributed by atoms with Crippen LogP contribution in [-0.4, -0.2) is 9.78 Å². The second-order valence-electron chi connectivity index (χ2n) is 5.26. The summed E-state index contributed by atoms with van der Waals surface area (Å²) in [4.78, 5) is 0. The average Bonchev–Trinajstić information content (AvgIpc) is 2.80. The molecule has 0 saturated heterocycles. The number of para-hydroxylation sites is 1. The van der Waals surface area contributed by atoms with Crippen LogP contribution in [0.15, 0.2) is 30.3 Å². The van der Waals surface area contributed by atoms with E-state index in [1.165, 1.54) is 11.3 Å². The summed E-state index contributed by atoms with van der Waals surface area (Å²) in [6, 6.07) is 10.2. The average molecular weight is 271 g/mol. The lowest BCUT2D eigenvalue weighted by atomic mass is 9.94. The first-order valence-electron chi connectivity index (χ1n) is 7.65. The molecule has 0 aliphatic heterocycles. The van der Waals surface area contributed by atoms with Gasteiger partial charge in [-0.15, -0.1) is 0 Å². The highest BCUT2D eigenvalue weighted by Gasteiger charge is 2.21. The number of anilines is 1. The van der Waals surface area contributed by atoms with E-state index in [9.17, 15) is 0 Å². The van der Waals surface area contributed by atoms with Gasteiger partial charge in [0.1, 0.15) is 5.82 Å². The molecule has 0 bridgehead atoms. The summed E-state index contributed by atoms with van der Waals surface area (Å²) >= 11 is 0. The molecule has 0 spiro atoms. The summed E-state index contributed by atoms with van der Waals surface area (Å²) < 4.78 is 1.90. The molecule has 1 aromatic carbocycles. The minimum absolute atomic E-state index is 0.504. The van der Waals surface area contributed by atoms with Gasteiger partial charge in [0.25, 0.3) is 0 Å². The fourth-order valence-corrected chi connectivity index (χ4v) is 2.76. The molecule has 2 N–H and O–H groups in total. The number of hydrogen-bond donors (Lipinski definition) is 1. The third-order valence-corrected chi connectivity index (χ3v) is 3.93. The normalized spacial score (nSPS) is 11.2.